The van der Waals surface area contributed by atoms with E-state index < -0.39 is 34.2 Å². The van der Waals surface area contributed by atoms with Crippen molar-refractivity contribution in [2.45, 2.75) is 17.8 Å². The summed E-state index contributed by atoms with van der Waals surface area (Å²) in [5.41, 5.74) is 0.740. The molecule has 0 unspecified atom stereocenters. The fraction of sp³-hybridized carbons (Fsp3) is 0.125. The summed E-state index contributed by atoms with van der Waals surface area (Å²) in [7, 11) is 0. The third-order valence-corrected chi connectivity index (χ3v) is 26.4. The summed E-state index contributed by atoms with van der Waals surface area (Å²) in [6.07, 6.45) is 1.14. The predicted octanol–water partition coefficient (Wildman–Crippen LogP) is 16.1. The second-order valence-electron chi connectivity index (χ2n) is 26.8. The standard InChI is InChI=1S/C72H16O7/c1-3-9(73)78-7-5-76-6-8-79-69(75)72(68(74)77-4-2)70-64-56-48-38-28-20-12-10-11-14-18-16(12)24-32-26(18)36-30-22(14)23-15(11)19-17-13(10)21(20)29-35-25(17)33-27(19)37-31(23)41-40(30)50-44(36)54-46(32)52(42(48)34(24)28)60(64)62(54)66-58(50)59-51(41)45(37)55-47(33)53-43(35)49(39(29)38)57(56)65(70)61(53)63(55)67(59)71(66,70)72/h3H,1,4-8H2,2H3. The molecule has 1 fully saturated rings. The molecule has 346 valence electrons. The lowest BCUT2D eigenvalue weighted by Gasteiger charge is -2.32. The number of benzene rings is 18. The molecular weight excluding hydrogens is 977 g/mol. The summed E-state index contributed by atoms with van der Waals surface area (Å²) in [4.78, 5) is 45.9. The highest BCUT2D eigenvalue weighted by Gasteiger charge is 3.01. The first-order chi connectivity index (χ1) is 39.1. The van der Waals surface area contributed by atoms with E-state index in [1.807, 2.05) is 6.92 Å². The van der Waals surface area contributed by atoms with Gasteiger partial charge in [0.1, 0.15) is 13.2 Å². The van der Waals surface area contributed by atoms with Crippen molar-refractivity contribution in [1.82, 2.24) is 0 Å². The van der Waals surface area contributed by atoms with Gasteiger partial charge in [-0.1, -0.05) is 6.58 Å². The summed E-state index contributed by atoms with van der Waals surface area (Å²) >= 11 is 0. The van der Waals surface area contributed by atoms with E-state index >= 15 is 9.59 Å². The molecule has 5 aliphatic rings. The number of esters is 3. The van der Waals surface area contributed by atoms with Crippen LogP contribution in [0.5, 0.6) is 0 Å². The number of ether oxygens (including phenoxy) is 4. The second-order valence-corrected chi connectivity index (χ2v) is 26.8. The quantitative estimate of drug-likeness (QED) is 0.0337. The molecule has 0 N–H and O–H groups in total. The van der Waals surface area contributed by atoms with Gasteiger partial charge in [-0.3, -0.25) is 9.59 Å². The zero-order chi connectivity index (χ0) is 48.8. The number of rotatable bonds is 10. The van der Waals surface area contributed by atoms with E-state index in [0.29, 0.717) is 0 Å². The number of carbonyl (C=O) groups is 3. The van der Waals surface area contributed by atoms with Crippen molar-refractivity contribution >= 4 is 309 Å². The van der Waals surface area contributed by atoms with Gasteiger partial charge in [0.2, 0.25) is 0 Å². The molecule has 0 bridgehead atoms. The van der Waals surface area contributed by atoms with Crippen LogP contribution in [0.1, 0.15) is 29.2 Å². The Morgan fingerprint density at radius 2 is 0.481 bits per heavy atom. The Morgan fingerprint density at radius 1 is 0.291 bits per heavy atom. The van der Waals surface area contributed by atoms with Crippen molar-refractivity contribution in [2.75, 3.05) is 33.0 Å². The van der Waals surface area contributed by atoms with Crippen LogP contribution in [0.4, 0.5) is 0 Å². The molecule has 7 nitrogen and oxygen atoms in total. The van der Waals surface area contributed by atoms with Gasteiger partial charge in [-0.25, -0.2) is 4.79 Å². The molecule has 28 aromatic rings. The summed E-state index contributed by atoms with van der Waals surface area (Å²) in [5, 5.41) is 78.1. The third-order valence-electron chi connectivity index (χ3n) is 26.4. The van der Waals surface area contributed by atoms with E-state index in [0.717, 1.165) is 6.08 Å². The van der Waals surface area contributed by atoms with E-state index in [4.69, 9.17) is 18.9 Å². The predicted molar refractivity (Wildman–Crippen MR) is 316 cm³/mol. The normalized spacial score (nSPS) is 22.6. The van der Waals surface area contributed by atoms with Crippen LogP contribution in [0, 0.1) is 5.41 Å². The number of hydrogen-bond acceptors (Lipinski definition) is 7. The van der Waals surface area contributed by atoms with Crippen LogP contribution in [-0.2, 0) is 44.2 Å². The van der Waals surface area contributed by atoms with E-state index in [-0.39, 0.29) is 33.0 Å². The molecule has 79 heavy (non-hydrogen) atoms. The summed E-state index contributed by atoms with van der Waals surface area (Å²) in [6.45, 7) is 5.75. The van der Waals surface area contributed by atoms with Gasteiger partial charge in [0.25, 0.3) is 0 Å². The molecule has 0 radical (unpaired) electrons. The maximum atomic E-state index is 17.1. The Kier molecular flexibility index (Phi) is 3.15. The maximum Gasteiger partial charge on any atom is 0.330 e. The van der Waals surface area contributed by atoms with E-state index in [1.165, 1.54) is 302 Å². The first-order valence-corrected chi connectivity index (χ1v) is 28.6. The topological polar surface area (TPSA) is 88.1 Å². The average molecular weight is 993 g/mol. The van der Waals surface area contributed by atoms with Crippen LogP contribution in [0.3, 0.4) is 0 Å². The zero-order valence-corrected chi connectivity index (χ0v) is 40.7. The molecule has 0 aliphatic heterocycles. The molecule has 0 aromatic heterocycles. The Bertz CT molecular complexity index is 7030. The molecule has 1 saturated carbocycles. The fourth-order valence-electron chi connectivity index (χ4n) is 26.2. The Hall–Kier alpha value is -9.43. The lowest BCUT2D eigenvalue weighted by atomic mass is 9.68. The van der Waals surface area contributed by atoms with Crippen LogP contribution in [-0.4, -0.2) is 50.9 Å². The van der Waals surface area contributed by atoms with Crippen molar-refractivity contribution < 1.29 is 33.3 Å². The molecular formula is C72H16O7. The molecule has 2 spiro atoms. The largest absolute Gasteiger partial charge is 0.465 e. The second kappa shape index (κ2) is 7.71. The lowest BCUT2D eigenvalue weighted by molar-refractivity contribution is -0.167. The summed E-state index contributed by atoms with van der Waals surface area (Å²) in [6, 6.07) is 0. The third kappa shape index (κ3) is 1.84. The maximum absolute atomic E-state index is 17.1. The summed E-state index contributed by atoms with van der Waals surface area (Å²) in [5.74, 6) is -1.49. The van der Waals surface area contributed by atoms with E-state index in [1.54, 1.807) is 10.8 Å². The van der Waals surface area contributed by atoms with E-state index in [2.05, 4.69) is 6.58 Å². The zero-order valence-electron chi connectivity index (χ0n) is 40.7. The highest BCUT2D eigenvalue weighted by molar-refractivity contribution is 6.82. The molecule has 0 atom stereocenters. The van der Waals surface area contributed by atoms with Gasteiger partial charge in [0.15, 0.2) is 5.41 Å². The van der Waals surface area contributed by atoms with Crippen LogP contribution in [0.2, 0.25) is 0 Å². The SMILES string of the molecule is C=CC(=O)OCCOCCOC(=O)C1(C(=O)OCC)C23c4c5c6c7c8c9c(c%10c%11c2c2c4c4c%12c5c5c6c6c8c8c%13c9c9c%10c%10c%11c%11c2c2c4c4c%12c%12c5c5c6c8c6c8c%13c9c9c%10c%10c%11c2c2c4c4c%12c5c6c5c8c9c%10c2c45)C713. The molecule has 0 heterocycles. The van der Waals surface area contributed by atoms with Gasteiger partial charge in [0, 0.05) is 6.08 Å². The van der Waals surface area contributed by atoms with E-state index in [9.17, 15) is 4.79 Å². The Morgan fingerprint density at radius 3 is 0.684 bits per heavy atom. The monoisotopic (exact) mass is 992 g/mol. The van der Waals surface area contributed by atoms with Crippen molar-refractivity contribution in [3.8, 4) is 0 Å². The molecule has 7 heteroatoms. The first-order valence-electron chi connectivity index (χ1n) is 28.6. The van der Waals surface area contributed by atoms with Crippen molar-refractivity contribution in [3.63, 3.8) is 0 Å². The summed E-state index contributed by atoms with van der Waals surface area (Å²) < 4.78 is 24.8. The number of hydrogen-bond donors (Lipinski definition) is 0. The average Bonchev–Trinajstić information content (AvgIpc) is 1.36. The van der Waals surface area contributed by atoms with Crippen molar-refractivity contribution in [3.05, 3.63) is 34.9 Å². The minimum Gasteiger partial charge on any atom is -0.465 e. The van der Waals surface area contributed by atoms with Gasteiger partial charge in [-0.05, 0) is 320 Å². The molecule has 5 aliphatic carbocycles. The highest BCUT2D eigenvalue weighted by Crippen LogP contribution is 2.96. The Balaban J connectivity index is 0.976. The van der Waals surface area contributed by atoms with Crippen LogP contribution < -0.4 is 0 Å². The van der Waals surface area contributed by atoms with Gasteiger partial charge in [-0.2, -0.15) is 0 Å². The van der Waals surface area contributed by atoms with Gasteiger partial charge in [-0.15, -0.1) is 0 Å². The minimum atomic E-state index is -1.81. The highest BCUT2D eigenvalue weighted by atomic mass is 16.6. The van der Waals surface area contributed by atoms with Gasteiger partial charge < -0.3 is 18.9 Å². The minimum absolute atomic E-state index is 0.0513. The molecule has 28 aromatic carbocycles. The van der Waals surface area contributed by atoms with Crippen molar-refractivity contribution in [2.24, 2.45) is 5.41 Å². The fourth-order valence-corrected chi connectivity index (χ4v) is 26.2. The van der Waals surface area contributed by atoms with Crippen LogP contribution in [0.15, 0.2) is 12.7 Å². The smallest absolute Gasteiger partial charge is 0.330 e. The van der Waals surface area contributed by atoms with Gasteiger partial charge >= 0.3 is 17.9 Å². The molecule has 0 amide bonds. The lowest BCUT2D eigenvalue weighted by Crippen LogP contribution is -2.39. The first kappa shape index (κ1) is 32.3. The van der Waals surface area contributed by atoms with Crippen molar-refractivity contribution in [1.29, 1.82) is 0 Å². The Labute approximate surface area is 431 Å². The van der Waals surface area contributed by atoms with Gasteiger partial charge in [0.05, 0.1) is 30.7 Å². The number of carbonyl (C=O) groups excluding carboxylic acids is 3. The molecule has 33 rings (SSSR count). The van der Waals surface area contributed by atoms with Crippen LogP contribution in [0.25, 0.3) is 291 Å². The van der Waals surface area contributed by atoms with Crippen LogP contribution >= 0.6 is 0 Å². The molecule has 0 saturated heterocycles.